The topological polar surface area (TPSA) is 290 Å². The predicted octanol–water partition coefficient (Wildman–Crippen LogP) is -8.44. The zero-order valence-corrected chi connectivity index (χ0v) is 25.0. The molecule has 0 aromatic rings. The fraction of sp³-hybridized carbons (Fsp3) is 0.440. The number of carbonyl (C=O) groups is 6. The number of rotatable bonds is 6. The van der Waals surface area contributed by atoms with Crippen molar-refractivity contribution in [2.24, 2.45) is 15.4 Å². The first-order valence-corrected chi connectivity index (χ1v) is 12.4. The summed E-state index contributed by atoms with van der Waals surface area (Å²) in [6.07, 6.45) is -2.44. The molecule has 3 radical (unpaired) electrons. The molecule has 0 saturated carbocycles. The third kappa shape index (κ3) is 5.20. The Morgan fingerprint density at radius 2 is 1.18 bits per heavy atom. The number of aliphatic imine (C=N–C) groups is 2. The maximum absolute atomic E-state index is 12.8. The molecule has 44 heavy (non-hydrogen) atoms. The van der Waals surface area contributed by atoms with E-state index in [-0.39, 0.29) is 117 Å². The third-order valence-corrected chi connectivity index (χ3v) is 8.35. The second kappa shape index (κ2) is 12.9. The van der Waals surface area contributed by atoms with E-state index in [1.807, 2.05) is 0 Å². The van der Waals surface area contributed by atoms with E-state index in [1.54, 1.807) is 0 Å². The first kappa shape index (κ1) is 36.8. The van der Waals surface area contributed by atoms with E-state index in [0.29, 0.717) is 0 Å². The van der Waals surface area contributed by atoms with Gasteiger partial charge in [0.15, 0.2) is 0 Å². The summed E-state index contributed by atoms with van der Waals surface area (Å²) in [4.78, 5) is 82.7. The Bertz CT molecular complexity index is 1520. The van der Waals surface area contributed by atoms with E-state index < -0.39 is 82.0 Å². The van der Waals surface area contributed by atoms with E-state index in [9.17, 15) is 59.4 Å². The minimum atomic E-state index is -3.44. The molecule has 0 aromatic carbocycles. The largest absolute Gasteiger partial charge is 2.00 e. The molecule has 5 aliphatic rings. The van der Waals surface area contributed by atoms with Crippen molar-refractivity contribution in [2.45, 2.75) is 62.6 Å². The fourth-order valence-corrected chi connectivity index (χ4v) is 6.64. The average molecular weight is 743 g/mol. The van der Waals surface area contributed by atoms with E-state index in [4.69, 9.17) is 0 Å². The van der Waals surface area contributed by atoms with Crippen molar-refractivity contribution in [1.82, 2.24) is 10.6 Å². The van der Waals surface area contributed by atoms with Crippen molar-refractivity contribution in [2.75, 3.05) is 0 Å². The van der Waals surface area contributed by atoms with Crippen molar-refractivity contribution < 1.29 is 110 Å². The molecule has 0 aromatic heterocycles. The first-order valence-electron chi connectivity index (χ1n) is 12.4. The van der Waals surface area contributed by atoms with E-state index in [0.717, 1.165) is 0 Å². The summed E-state index contributed by atoms with van der Waals surface area (Å²) in [6.45, 7) is 0. The van der Waals surface area contributed by atoms with Crippen LogP contribution in [0.1, 0.15) is 44.9 Å². The Morgan fingerprint density at radius 3 is 1.68 bits per heavy atom. The number of aliphatic carboxylic acids is 6. The van der Waals surface area contributed by atoms with Crippen LogP contribution in [0.4, 0.5) is 0 Å². The quantitative estimate of drug-likeness (QED) is 0.239. The van der Waals surface area contributed by atoms with Crippen molar-refractivity contribution in [1.29, 1.82) is 0 Å². The number of hydrogen-bond donors (Lipinski definition) is 2. The molecule has 8 bridgehead atoms. The van der Waals surface area contributed by atoms with Gasteiger partial charge in [-0.1, -0.05) is 0 Å². The van der Waals surface area contributed by atoms with Crippen molar-refractivity contribution in [3.05, 3.63) is 33.8 Å². The van der Waals surface area contributed by atoms with Crippen LogP contribution >= 0.6 is 0 Å². The van der Waals surface area contributed by atoms with Crippen LogP contribution in [0.15, 0.2) is 43.8 Å². The number of carbonyl (C=O) groups excluding carboxylic acids is 6. The standard InChI is InChI=1S/C25H24N4O12.3Co/c30-18(31)15-8-1-2-10(26-8)16(19(32)33)12-5-6-14(28-12)25(23(40)41)24(21(36)37,22(38)39)7-13(29-25)17(20(34)35)11-4-3-9(15)27-11;;;/h13-14,28-29H,1-7H2,(H,30,31)(H,32,33)(H,34,35)(H,36,37)(H,38,39)(H,40,41);;;/q;3*+2/p-6. The number of carboxylic acids is 6. The molecule has 2 fully saturated rings. The molecule has 16 nitrogen and oxygen atoms in total. The fourth-order valence-electron chi connectivity index (χ4n) is 6.64. The Morgan fingerprint density at radius 1 is 0.659 bits per heavy atom. The van der Waals surface area contributed by atoms with Gasteiger partial charge >= 0.3 is 50.3 Å². The van der Waals surface area contributed by atoms with Gasteiger partial charge in [0.05, 0.1) is 69.9 Å². The normalized spacial score (nSPS) is 26.5. The zero-order valence-electron chi connectivity index (χ0n) is 21.9. The summed E-state index contributed by atoms with van der Waals surface area (Å²) in [5.74, 6) is -12.6. The van der Waals surface area contributed by atoms with Gasteiger partial charge in [-0.3, -0.25) is 15.3 Å². The van der Waals surface area contributed by atoms with Crippen LogP contribution in [0.3, 0.4) is 0 Å². The Balaban J connectivity index is 0.00000225. The van der Waals surface area contributed by atoms with E-state index in [2.05, 4.69) is 20.6 Å². The molecular formula is C25H18Co3N4O12. The van der Waals surface area contributed by atoms with Gasteiger partial charge in [0, 0.05) is 34.2 Å². The number of hydrogen-bond acceptors (Lipinski definition) is 16. The van der Waals surface area contributed by atoms with Crippen molar-refractivity contribution >= 4 is 47.2 Å². The van der Waals surface area contributed by atoms with Crippen molar-refractivity contribution in [3.63, 3.8) is 0 Å². The zero-order chi connectivity index (χ0) is 30.0. The van der Waals surface area contributed by atoms with Gasteiger partial charge < -0.3 is 64.7 Å². The summed E-state index contributed by atoms with van der Waals surface area (Å²) < 4.78 is 0. The molecule has 5 rings (SSSR count). The summed E-state index contributed by atoms with van der Waals surface area (Å²) >= 11 is 0. The predicted molar refractivity (Wildman–Crippen MR) is 117 cm³/mol. The van der Waals surface area contributed by atoms with Gasteiger partial charge in [-0.25, -0.2) is 0 Å². The van der Waals surface area contributed by atoms with Gasteiger partial charge in [-0.15, -0.1) is 0 Å². The third-order valence-electron chi connectivity index (χ3n) is 8.35. The molecule has 3 unspecified atom stereocenters. The van der Waals surface area contributed by atoms with Gasteiger partial charge in [0.1, 0.15) is 0 Å². The molecule has 0 aliphatic carbocycles. The van der Waals surface area contributed by atoms with Gasteiger partial charge in [0.2, 0.25) is 0 Å². The maximum Gasteiger partial charge on any atom is 2.00 e. The maximum atomic E-state index is 12.8. The summed E-state index contributed by atoms with van der Waals surface area (Å²) in [7, 11) is 0. The Kier molecular flexibility index (Phi) is 10.8. The first-order chi connectivity index (χ1) is 19.3. The number of carboxylic acid groups (broad SMARTS) is 6. The Labute approximate surface area is 278 Å². The molecular weight excluding hydrogens is 725 g/mol. The molecule has 5 aliphatic heterocycles. The second-order valence-corrected chi connectivity index (χ2v) is 10.2. The SMILES string of the molecule is O=C([O-])C1=C2CCC(=N2)C(C(=O)[O-])=C2CCC(N2)C2(C(=O)[O-])NC(CC2(C(=O)[O-])C(=O)[O-])C(C(=O)[O-])=C2CCC1=N2.[Co+2].[Co+2].[Co+2]. The minimum Gasteiger partial charge on any atom is -0.549 e. The number of fused-ring (bicyclic) bond motifs is 7. The van der Waals surface area contributed by atoms with Gasteiger partial charge in [-0.2, -0.15) is 0 Å². The molecule has 237 valence electrons. The molecule has 5 heterocycles. The minimum absolute atomic E-state index is 0. The molecule has 2 N–H and O–H groups in total. The van der Waals surface area contributed by atoms with Crippen LogP contribution in [-0.4, -0.2) is 64.9 Å². The summed E-state index contributed by atoms with van der Waals surface area (Å²) in [5.41, 5.74) is -9.42. The van der Waals surface area contributed by atoms with Gasteiger partial charge in [0.25, 0.3) is 0 Å². The van der Waals surface area contributed by atoms with Crippen LogP contribution < -0.4 is 41.3 Å². The van der Waals surface area contributed by atoms with Crippen LogP contribution in [0.25, 0.3) is 0 Å². The van der Waals surface area contributed by atoms with E-state index >= 15 is 0 Å². The van der Waals surface area contributed by atoms with Crippen LogP contribution in [0.5, 0.6) is 0 Å². The second-order valence-electron chi connectivity index (χ2n) is 10.2. The van der Waals surface area contributed by atoms with Crippen LogP contribution in [-0.2, 0) is 79.1 Å². The number of nitrogens with zero attached hydrogens (tertiary/aromatic N) is 2. The molecule has 19 heteroatoms. The molecule has 0 amide bonds. The van der Waals surface area contributed by atoms with Crippen LogP contribution in [0, 0.1) is 5.41 Å². The summed E-state index contributed by atoms with van der Waals surface area (Å²) in [6, 6.07) is -3.57. The molecule has 2 saturated heterocycles. The monoisotopic (exact) mass is 743 g/mol. The van der Waals surface area contributed by atoms with Crippen LogP contribution in [0.2, 0.25) is 0 Å². The average Bonchev–Trinajstić information content (AvgIpc) is 3.65. The van der Waals surface area contributed by atoms with Crippen molar-refractivity contribution in [3.8, 4) is 0 Å². The number of allylic oxidation sites excluding steroid dienone is 3. The smallest absolute Gasteiger partial charge is 0.549 e. The molecule has 3 atom stereocenters. The van der Waals surface area contributed by atoms with E-state index in [1.165, 1.54) is 0 Å². The number of nitrogens with one attached hydrogen (secondary N) is 2. The summed E-state index contributed by atoms with van der Waals surface area (Å²) in [5, 5.41) is 79.3. The van der Waals surface area contributed by atoms with Gasteiger partial charge in [-0.05, 0) is 44.9 Å². The Hall–Kier alpha value is -3.34. The molecule has 0 spiro atoms.